The number of allylic oxidation sites excluding steroid dienone is 1. The number of ketones is 1. The van der Waals surface area contributed by atoms with E-state index in [4.69, 9.17) is 14.2 Å². The summed E-state index contributed by atoms with van der Waals surface area (Å²) in [6.07, 6.45) is 6.01. The van der Waals surface area contributed by atoms with Gasteiger partial charge in [0.2, 0.25) is 0 Å². The van der Waals surface area contributed by atoms with Crippen molar-refractivity contribution in [1.29, 1.82) is 0 Å². The summed E-state index contributed by atoms with van der Waals surface area (Å²) in [5, 5.41) is 0. The zero-order chi connectivity index (χ0) is 18.2. The molecule has 1 aliphatic heterocycles. The van der Waals surface area contributed by atoms with E-state index in [0.29, 0.717) is 30.8 Å². The number of carbonyl (C=O) groups is 1. The molecule has 0 amide bonds. The molecule has 0 radical (unpaired) electrons. The van der Waals surface area contributed by atoms with Crippen molar-refractivity contribution >= 4 is 5.78 Å². The molecule has 0 aromatic heterocycles. The molecule has 2 saturated carbocycles. The first-order valence-corrected chi connectivity index (χ1v) is 9.69. The number of rotatable bonds is 6. The second-order valence-corrected chi connectivity index (χ2v) is 9.11. The summed E-state index contributed by atoms with van der Waals surface area (Å²) >= 11 is 0. The molecule has 25 heavy (non-hydrogen) atoms. The van der Waals surface area contributed by atoms with Crippen molar-refractivity contribution in [3.63, 3.8) is 0 Å². The molecule has 2 bridgehead atoms. The quantitative estimate of drug-likeness (QED) is 0.415. The predicted octanol–water partition coefficient (Wildman–Crippen LogP) is 3.85. The van der Waals surface area contributed by atoms with Crippen molar-refractivity contribution < 1.29 is 19.0 Å². The molecule has 3 rings (SSSR count). The van der Waals surface area contributed by atoms with Crippen molar-refractivity contribution in [2.24, 2.45) is 35.0 Å². The van der Waals surface area contributed by atoms with Crippen molar-refractivity contribution in [3.05, 3.63) is 12.7 Å². The number of fused-ring (bicyclic) bond motifs is 1. The average molecular weight is 350 g/mol. The van der Waals surface area contributed by atoms with E-state index < -0.39 is 0 Å². The molecule has 4 heteroatoms. The highest BCUT2D eigenvalue weighted by Gasteiger charge is 2.58. The molecule has 2 aliphatic carbocycles. The minimum absolute atomic E-state index is 0.0158. The molecule has 0 N–H and O–H groups in total. The summed E-state index contributed by atoms with van der Waals surface area (Å²) in [5.41, 5.74) is 0.0174. The van der Waals surface area contributed by atoms with Crippen LogP contribution in [0.4, 0.5) is 0 Å². The summed E-state index contributed by atoms with van der Waals surface area (Å²) < 4.78 is 17.0. The van der Waals surface area contributed by atoms with E-state index in [2.05, 4.69) is 27.4 Å². The maximum absolute atomic E-state index is 13.5. The molecule has 3 aliphatic rings. The highest BCUT2D eigenvalue weighted by molar-refractivity contribution is 5.85. The van der Waals surface area contributed by atoms with Gasteiger partial charge in [0.15, 0.2) is 0 Å². The van der Waals surface area contributed by atoms with Gasteiger partial charge in [-0.2, -0.15) is 0 Å². The lowest BCUT2D eigenvalue weighted by molar-refractivity contribution is -0.174. The molecule has 1 heterocycles. The smallest absolute Gasteiger partial charge is 0.146 e. The van der Waals surface area contributed by atoms with Crippen LogP contribution in [-0.4, -0.2) is 38.5 Å². The Bertz CT molecular complexity index is 514. The van der Waals surface area contributed by atoms with Crippen LogP contribution in [0.1, 0.15) is 46.5 Å². The van der Waals surface area contributed by atoms with Gasteiger partial charge in [-0.25, -0.2) is 0 Å². The Morgan fingerprint density at radius 1 is 1.36 bits per heavy atom. The van der Waals surface area contributed by atoms with Crippen LogP contribution in [0, 0.1) is 35.0 Å². The molecule has 0 unspecified atom stereocenters. The van der Waals surface area contributed by atoms with Crippen molar-refractivity contribution in [2.75, 3.05) is 27.1 Å². The van der Waals surface area contributed by atoms with Gasteiger partial charge in [-0.1, -0.05) is 13.0 Å². The van der Waals surface area contributed by atoms with Crippen LogP contribution in [0.5, 0.6) is 0 Å². The second kappa shape index (κ2) is 7.13. The van der Waals surface area contributed by atoms with Gasteiger partial charge in [-0.3, -0.25) is 4.79 Å². The Morgan fingerprint density at radius 3 is 2.80 bits per heavy atom. The Morgan fingerprint density at radius 2 is 2.12 bits per heavy atom. The van der Waals surface area contributed by atoms with Gasteiger partial charge in [0.05, 0.1) is 18.8 Å². The molecule has 6 atom stereocenters. The van der Waals surface area contributed by atoms with E-state index in [9.17, 15) is 4.79 Å². The molecule has 1 saturated heterocycles. The molecule has 4 nitrogen and oxygen atoms in total. The fraction of sp³-hybridized carbons (Fsp3) is 0.857. The number of carbonyl (C=O) groups excluding carboxylic acids is 1. The monoisotopic (exact) mass is 350 g/mol. The standard InChI is InChI=1S/C21H34O4/c1-6-7-14-18(12-24-13-23-5)21(4)9-8-17-15(10-21)16(19(14)22)11-25-20(17,2)3/h6,14-18H,1,7-13H2,2-5H3/t14-,15+,16+,17+,18-,21-/m0/s1. The fourth-order valence-corrected chi connectivity index (χ4v) is 5.93. The highest BCUT2D eigenvalue weighted by Crippen LogP contribution is 2.59. The first kappa shape index (κ1) is 19.1. The summed E-state index contributed by atoms with van der Waals surface area (Å²) in [4.78, 5) is 13.5. The lowest BCUT2D eigenvalue weighted by atomic mass is 9.56. The normalized spacial score (nSPS) is 42.7. The van der Waals surface area contributed by atoms with Crippen molar-refractivity contribution in [1.82, 2.24) is 0 Å². The zero-order valence-corrected chi connectivity index (χ0v) is 16.3. The van der Waals surface area contributed by atoms with Gasteiger partial charge in [0.25, 0.3) is 0 Å². The van der Waals surface area contributed by atoms with Crippen LogP contribution in [-0.2, 0) is 19.0 Å². The van der Waals surface area contributed by atoms with Crippen LogP contribution in [0.15, 0.2) is 12.7 Å². The number of Topliss-reactive ketones (excluding diaryl/α,β-unsaturated/α-hetero) is 1. The first-order chi connectivity index (χ1) is 11.8. The van der Waals surface area contributed by atoms with Crippen LogP contribution in [0.25, 0.3) is 0 Å². The number of methoxy groups -OCH3 is 1. The van der Waals surface area contributed by atoms with Crippen LogP contribution in [0.2, 0.25) is 0 Å². The van der Waals surface area contributed by atoms with E-state index >= 15 is 0 Å². The van der Waals surface area contributed by atoms with E-state index in [0.717, 1.165) is 25.7 Å². The summed E-state index contributed by atoms with van der Waals surface area (Å²) in [6.45, 7) is 12.1. The molecule has 0 aromatic rings. The van der Waals surface area contributed by atoms with Crippen LogP contribution < -0.4 is 0 Å². The van der Waals surface area contributed by atoms with Gasteiger partial charge in [-0.15, -0.1) is 6.58 Å². The predicted molar refractivity (Wildman–Crippen MR) is 97.1 cm³/mol. The minimum Gasteiger partial charge on any atom is -0.375 e. The zero-order valence-electron chi connectivity index (χ0n) is 16.3. The van der Waals surface area contributed by atoms with Gasteiger partial charge in [0.1, 0.15) is 12.6 Å². The Balaban J connectivity index is 1.95. The van der Waals surface area contributed by atoms with Gasteiger partial charge < -0.3 is 14.2 Å². The third kappa shape index (κ3) is 3.33. The first-order valence-electron chi connectivity index (χ1n) is 9.69. The van der Waals surface area contributed by atoms with E-state index in [1.54, 1.807) is 7.11 Å². The topological polar surface area (TPSA) is 44.8 Å². The third-order valence-corrected chi connectivity index (χ3v) is 7.32. The third-order valence-electron chi connectivity index (χ3n) is 7.32. The van der Waals surface area contributed by atoms with E-state index in [1.807, 2.05) is 6.08 Å². The average Bonchev–Trinajstić information content (AvgIpc) is 2.62. The molecule has 0 spiro atoms. The Kier molecular flexibility index (Phi) is 5.44. The van der Waals surface area contributed by atoms with Crippen LogP contribution >= 0.6 is 0 Å². The molecule has 0 aromatic carbocycles. The summed E-state index contributed by atoms with van der Waals surface area (Å²) in [7, 11) is 1.64. The number of hydrogen-bond donors (Lipinski definition) is 0. The molecular weight excluding hydrogens is 316 g/mol. The van der Waals surface area contributed by atoms with E-state index in [-0.39, 0.29) is 35.6 Å². The van der Waals surface area contributed by atoms with Crippen molar-refractivity contribution in [2.45, 2.75) is 52.1 Å². The lowest BCUT2D eigenvalue weighted by Gasteiger charge is -2.53. The fourth-order valence-electron chi connectivity index (χ4n) is 5.93. The number of ether oxygens (including phenoxy) is 3. The SMILES string of the molecule is C=CC[C@@H]1C(=O)[C@@H]2COC(C)(C)[C@@H]3CC[C@@](C)(C[C@@H]32)[C@H]1COCOC. The van der Waals surface area contributed by atoms with Crippen molar-refractivity contribution in [3.8, 4) is 0 Å². The molecular formula is C21H34O4. The lowest BCUT2D eigenvalue weighted by Crippen LogP contribution is -2.53. The minimum atomic E-state index is -0.122. The Hall–Kier alpha value is -0.710. The summed E-state index contributed by atoms with van der Waals surface area (Å²) in [6, 6.07) is 0. The van der Waals surface area contributed by atoms with E-state index in [1.165, 1.54) is 0 Å². The molecule has 142 valence electrons. The van der Waals surface area contributed by atoms with Gasteiger partial charge >= 0.3 is 0 Å². The maximum Gasteiger partial charge on any atom is 0.146 e. The molecule has 3 fully saturated rings. The number of hydrogen-bond acceptors (Lipinski definition) is 4. The second-order valence-electron chi connectivity index (χ2n) is 9.11. The largest absolute Gasteiger partial charge is 0.375 e. The summed E-state index contributed by atoms with van der Waals surface area (Å²) in [5.74, 6) is 1.54. The Labute approximate surface area is 152 Å². The maximum atomic E-state index is 13.5. The van der Waals surface area contributed by atoms with Gasteiger partial charge in [-0.05, 0) is 62.7 Å². The van der Waals surface area contributed by atoms with Gasteiger partial charge in [0, 0.05) is 18.9 Å². The van der Waals surface area contributed by atoms with Crippen LogP contribution in [0.3, 0.4) is 0 Å². The highest BCUT2D eigenvalue weighted by atomic mass is 16.7.